The zero-order chi connectivity index (χ0) is 13.7. The molecule has 2 N–H and O–H groups in total. The number of anilines is 1. The van der Waals surface area contributed by atoms with E-state index in [-0.39, 0.29) is 11.8 Å². The van der Waals surface area contributed by atoms with Gasteiger partial charge in [0.25, 0.3) is 5.91 Å². The Hall–Kier alpha value is -2.28. The summed E-state index contributed by atoms with van der Waals surface area (Å²) in [5, 5.41) is 5.62. The summed E-state index contributed by atoms with van der Waals surface area (Å²) in [5.74, 6) is 2.46. The fraction of sp³-hybridized carbons (Fsp3) is 0.333. The third-order valence-electron chi connectivity index (χ3n) is 3.05. The number of hydrogen-bond acceptors (Lipinski definition) is 2. The van der Waals surface area contributed by atoms with Crippen LogP contribution in [0.4, 0.5) is 5.69 Å². The zero-order valence-corrected chi connectivity index (χ0v) is 10.7. The van der Waals surface area contributed by atoms with Crippen LogP contribution in [0.5, 0.6) is 0 Å². The molecule has 1 aliphatic rings. The molecule has 1 heterocycles. The molecular weight excluding hydrogens is 240 g/mol. The number of nitrogens with one attached hydrogen (secondary N) is 2. The molecule has 2 amide bonds. The predicted octanol–water partition coefficient (Wildman–Crippen LogP) is 1.71. The van der Waals surface area contributed by atoms with Crippen LogP contribution in [-0.2, 0) is 11.2 Å². The topological polar surface area (TPSA) is 58.2 Å². The largest absolute Gasteiger partial charge is 0.352 e. The molecule has 0 aliphatic carbocycles. The number of benzene rings is 1. The fourth-order valence-electron chi connectivity index (χ4n) is 2.02. The van der Waals surface area contributed by atoms with Crippen LogP contribution >= 0.6 is 0 Å². The van der Waals surface area contributed by atoms with Gasteiger partial charge in [-0.3, -0.25) is 9.59 Å². The van der Waals surface area contributed by atoms with E-state index in [0.717, 1.165) is 17.7 Å². The molecule has 0 fully saturated rings. The standard InChI is InChI=1S/C15H16N2O2/c1-2-3-4-9-16-15(19)12-5-7-13-11(10-12)6-8-14(18)17-13/h1,5,7,10H,3-4,6,8-9H2,(H,16,19)(H,17,18). The van der Waals surface area contributed by atoms with Crippen molar-refractivity contribution in [2.45, 2.75) is 25.7 Å². The summed E-state index contributed by atoms with van der Waals surface area (Å²) in [6.45, 7) is 0.580. The maximum Gasteiger partial charge on any atom is 0.251 e. The zero-order valence-electron chi connectivity index (χ0n) is 10.7. The van der Waals surface area contributed by atoms with Gasteiger partial charge < -0.3 is 10.6 Å². The highest BCUT2D eigenvalue weighted by atomic mass is 16.2. The smallest absolute Gasteiger partial charge is 0.251 e. The second-order valence-corrected chi connectivity index (χ2v) is 4.48. The van der Waals surface area contributed by atoms with Crippen molar-refractivity contribution in [2.24, 2.45) is 0 Å². The van der Waals surface area contributed by atoms with Gasteiger partial charge in [0.2, 0.25) is 5.91 Å². The number of amides is 2. The summed E-state index contributed by atoms with van der Waals surface area (Å²) in [5.41, 5.74) is 2.44. The van der Waals surface area contributed by atoms with E-state index in [1.165, 1.54) is 0 Å². The van der Waals surface area contributed by atoms with E-state index in [0.29, 0.717) is 31.4 Å². The normalized spacial score (nSPS) is 13.1. The molecule has 4 nitrogen and oxygen atoms in total. The molecular formula is C15H16N2O2. The highest BCUT2D eigenvalue weighted by molar-refractivity contribution is 5.97. The van der Waals surface area contributed by atoms with Gasteiger partial charge in [-0.2, -0.15) is 0 Å². The molecule has 1 aliphatic heterocycles. The lowest BCUT2D eigenvalue weighted by Crippen LogP contribution is -2.25. The summed E-state index contributed by atoms with van der Waals surface area (Å²) < 4.78 is 0. The highest BCUT2D eigenvalue weighted by Crippen LogP contribution is 2.23. The summed E-state index contributed by atoms with van der Waals surface area (Å²) in [7, 11) is 0. The maximum absolute atomic E-state index is 11.9. The van der Waals surface area contributed by atoms with E-state index >= 15 is 0 Å². The SMILES string of the molecule is C#CCCCNC(=O)c1ccc2c(c1)CCC(=O)N2. The monoisotopic (exact) mass is 256 g/mol. The van der Waals surface area contributed by atoms with Crippen LogP contribution in [0.15, 0.2) is 18.2 Å². The minimum Gasteiger partial charge on any atom is -0.352 e. The lowest BCUT2D eigenvalue weighted by molar-refractivity contribution is -0.116. The van der Waals surface area contributed by atoms with Gasteiger partial charge >= 0.3 is 0 Å². The van der Waals surface area contributed by atoms with Crippen LogP contribution < -0.4 is 10.6 Å². The van der Waals surface area contributed by atoms with Crippen LogP contribution in [0.2, 0.25) is 0 Å². The van der Waals surface area contributed by atoms with E-state index in [1.807, 2.05) is 6.07 Å². The molecule has 4 heteroatoms. The quantitative estimate of drug-likeness (QED) is 0.636. The molecule has 0 saturated heterocycles. The summed E-state index contributed by atoms with van der Waals surface area (Å²) in [6.07, 6.45) is 7.74. The first-order valence-electron chi connectivity index (χ1n) is 6.35. The van der Waals surface area contributed by atoms with Crippen LogP contribution in [0.25, 0.3) is 0 Å². The van der Waals surface area contributed by atoms with Crippen LogP contribution in [0, 0.1) is 12.3 Å². The van der Waals surface area contributed by atoms with Gasteiger partial charge in [-0.1, -0.05) is 0 Å². The van der Waals surface area contributed by atoms with Crippen LogP contribution in [-0.4, -0.2) is 18.4 Å². The van der Waals surface area contributed by atoms with E-state index < -0.39 is 0 Å². The molecule has 2 rings (SSSR count). The lowest BCUT2D eigenvalue weighted by Gasteiger charge is -2.17. The number of carbonyl (C=O) groups excluding carboxylic acids is 2. The Labute approximate surface area is 112 Å². The van der Waals surface area contributed by atoms with E-state index in [4.69, 9.17) is 6.42 Å². The van der Waals surface area contributed by atoms with E-state index in [1.54, 1.807) is 12.1 Å². The Morgan fingerprint density at radius 1 is 1.42 bits per heavy atom. The number of fused-ring (bicyclic) bond motifs is 1. The van der Waals surface area contributed by atoms with Gasteiger partial charge in [0.05, 0.1) is 0 Å². The molecule has 0 spiro atoms. The first-order chi connectivity index (χ1) is 9.20. The van der Waals surface area contributed by atoms with Crippen molar-refractivity contribution < 1.29 is 9.59 Å². The van der Waals surface area contributed by atoms with Crippen molar-refractivity contribution >= 4 is 17.5 Å². The molecule has 0 unspecified atom stereocenters. The molecule has 0 radical (unpaired) electrons. The van der Waals surface area contributed by atoms with Gasteiger partial charge in [-0.25, -0.2) is 0 Å². The average Bonchev–Trinajstić information content (AvgIpc) is 2.42. The summed E-state index contributed by atoms with van der Waals surface area (Å²) in [4.78, 5) is 23.1. The van der Waals surface area contributed by atoms with Crippen molar-refractivity contribution in [3.63, 3.8) is 0 Å². The van der Waals surface area contributed by atoms with E-state index in [9.17, 15) is 9.59 Å². The molecule has 1 aromatic rings. The minimum absolute atomic E-state index is 0.0268. The van der Waals surface area contributed by atoms with Crippen molar-refractivity contribution in [1.29, 1.82) is 0 Å². The third kappa shape index (κ3) is 3.35. The molecule has 0 bridgehead atoms. The second-order valence-electron chi connectivity index (χ2n) is 4.48. The Balaban J connectivity index is 2.00. The Morgan fingerprint density at radius 2 is 2.26 bits per heavy atom. The Morgan fingerprint density at radius 3 is 3.05 bits per heavy atom. The fourth-order valence-corrected chi connectivity index (χ4v) is 2.02. The maximum atomic E-state index is 11.9. The number of aryl methyl sites for hydroxylation is 1. The van der Waals surface area contributed by atoms with Crippen molar-refractivity contribution in [3.8, 4) is 12.3 Å². The number of hydrogen-bond donors (Lipinski definition) is 2. The Bertz CT molecular complexity index is 544. The Kier molecular flexibility index (Phi) is 4.19. The molecule has 0 saturated carbocycles. The average molecular weight is 256 g/mol. The van der Waals surface area contributed by atoms with Gasteiger partial charge in [0.15, 0.2) is 0 Å². The molecule has 0 atom stereocenters. The first kappa shape index (κ1) is 13.2. The van der Waals surface area contributed by atoms with Gasteiger partial charge in [0, 0.05) is 30.6 Å². The number of terminal acetylenes is 1. The van der Waals surface area contributed by atoms with Crippen molar-refractivity contribution in [2.75, 3.05) is 11.9 Å². The molecule has 98 valence electrons. The van der Waals surface area contributed by atoms with Gasteiger partial charge in [-0.15, -0.1) is 12.3 Å². The molecule has 19 heavy (non-hydrogen) atoms. The number of rotatable bonds is 4. The van der Waals surface area contributed by atoms with Crippen LogP contribution in [0.1, 0.15) is 35.2 Å². The predicted molar refractivity (Wildman–Crippen MR) is 73.8 cm³/mol. The lowest BCUT2D eigenvalue weighted by atomic mass is 10.00. The third-order valence-corrected chi connectivity index (χ3v) is 3.05. The van der Waals surface area contributed by atoms with Crippen molar-refractivity contribution in [1.82, 2.24) is 5.32 Å². The summed E-state index contributed by atoms with van der Waals surface area (Å²) in [6, 6.07) is 5.34. The number of unbranched alkanes of at least 4 members (excludes halogenated alkanes) is 1. The van der Waals surface area contributed by atoms with Gasteiger partial charge in [-0.05, 0) is 36.6 Å². The second kappa shape index (κ2) is 6.05. The highest BCUT2D eigenvalue weighted by Gasteiger charge is 2.16. The number of carbonyl (C=O) groups is 2. The summed E-state index contributed by atoms with van der Waals surface area (Å²) >= 11 is 0. The van der Waals surface area contributed by atoms with Crippen LogP contribution in [0.3, 0.4) is 0 Å². The minimum atomic E-state index is -0.100. The first-order valence-corrected chi connectivity index (χ1v) is 6.35. The van der Waals surface area contributed by atoms with Crippen molar-refractivity contribution in [3.05, 3.63) is 29.3 Å². The van der Waals surface area contributed by atoms with E-state index in [2.05, 4.69) is 16.6 Å². The molecule has 1 aromatic carbocycles. The van der Waals surface area contributed by atoms with Gasteiger partial charge in [0.1, 0.15) is 0 Å². The molecule has 0 aromatic heterocycles.